The lowest BCUT2D eigenvalue weighted by molar-refractivity contribution is -0.384. The predicted octanol–water partition coefficient (Wildman–Crippen LogP) is 4.36. The van der Waals surface area contributed by atoms with Gasteiger partial charge in [-0.3, -0.25) is 24.5 Å². The first-order chi connectivity index (χ1) is 17.0. The van der Waals surface area contributed by atoms with Gasteiger partial charge in [0, 0.05) is 57.5 Å². The first-order valence-electron chi connectivity index (χ1n) is 10.9. The lowest BCUT2D eigenvalue weighted by Gasteiger charge is -2.25. The smallest absolute Gasteiger partial charge is 0.308 e. The molecule has 0 heterocycles. The third-order valence-corrected chi connectivity index (χ3v) is 5.11. The number of nitro groups is 1. The summed E-state index contributed by atoms with van der Waals surface area (Å²) in [5.41, 5.74) is 2.13. The summed E-state index contributed by atoms with van der Waals surface area (Å²) in [6.45, 7) is 2.51. The summed E-state index contributed by atoms with van der Waals surface area (Å²) in [5.74, 6) is -1.65. The third-order valence-electron chi connectivity index (χ3n) is 5.11. The lowest BCUT2D eigenvalue weighted by atomic mass is 10.1. The zero-order chi connectivity index (χ0) is 26.4. The van der Waals surface area contributed by atoms with Crippen LogP contribution >= 0.6 is 0 Å². The molecule has 10 heteroatoms. The Kier molecular flexibility index (Phi) is 8.00. The monoisotopic (exact) mass is 491 g/mol. The molecule has 0 aliphatic rings. The fourth-order valence-electron chi connectivity index (χ4n) is 3.41. The number of esters is 2. The Morgan fingerprint density at radius 1 is 0.833 bits per heavy atom. The van der Waals surface area contributed by atoms with Crippen LogP contribution in [0.25, 0.3) is 0 Å². The maximum absolute atomic E-state index is 13.8. The Hall–Kier alpha value is -4.73. The van der Waals surface area contributed by atoms with Gasteiger partial charge in [0.2, 0.25) is 0 Å². The van der Waals surface area contributed by atoms with E-state index in [0.29, 0.717) is 11.3 Å². The molecule has 3 aromatic carbocycles. The summed E-state index contributed by atoms with van der Waals surface area (Å²) in [5, 5.41) is 11.0. The molecule has 1 amide bonds. The van der Waals surface area contributed by atoms with Crippen LogP contribution in [0.1, 0.15) is 29.8 Å². The SMILES string of the molecule is CC(=O)Oc1ccc(C(=O)N(Cc2ccc([N+](=O)[O-])cc2)c2ccc(N(C)C)cc2)c(OC(C)=O)c1. The standard InChI is InChI=1S/C26H25N3O7/c1-17(30)35-23-13-14-24(25(15-23)36-18(2)31)26(32)28(21-11-9-20(10-12-21)27(3)4)16-19-5-7-22(8-6-19)29(33)34/h5-15H,16H2,1-4H3. The molecule has 0 aromatic heterocycles. The molecule has 0 radical (unpaired) electrons. The minimum Gasteiger partial charge on any atom is -0.427 e. The Labute approximate surface area is 207 Å². The van der Waals surface area contributed by atoms with Gasteiger partial charge in [-0.2, -0.15) is 0 Å². The van der Waals surface area contributed by atoms with Crippen LogP contribution in [-0.2, 0) is 16.1 Å². The molecule has 0 N–H and O–H groups in total. The number of hydrogen-bond acceptors (Lipinski definition) is 8. The van der Waals surface area contributed by atoms with Crippen LogP contribution in [0.4, 0.5) is 17.1 Å². The largest absolute Gasteiger partial charge is 0.427 e. The molecule has 0 fully saturated rings. The van der Waals surface area contributed by atoms with E-state index in [-0.39, 0.29) is 29.3 Å². The van der Waals surface area contributed by atoms with E-state index < -0.39 is 22.8 Å². The highest BCUT2D eigenvalue weighted by Gasteiger charge is 2.24. The molecule has 0 aliphatic carbocycles. The number of carbonyl (C=O) groups excluding carboxylic acids is 3. The van der Waals surface area contributed by atoms with Gasteiger partial charge in [-0.05, 0) is 42.0 Å². The summed E-state index contributed by atoms with van der Waals surface area (Å²) in [7, 11) is 3.79. The molecular weight excluding hydrogens is 466 g/mol. The number of carbonyl (C=O) groups is 3. The number of ether oxygens (including phenoxy) is 2. The highest BCUT2D eigenvalue weighted by molar-refractivity contribution is 6.08. The van der Waals surface area contributed by atoms with Gasteiger partial charge in [0.05, 0.1) is 17.0 Å². The quantitative estimate of drug-likeness (QED) is 0.197. The fraction of sp³-hybridized carbons (Fsp3) is 0.192. The van der Waals surface area contributed by atoms with Gasteiger partial charge in [0.15, 0.2) is 0 Å². The van der Waals surface area contributed by atoms with Gasteiger partial charge in [-0.25, -0.2) is 0 Å². The molecule has 0 bridgehead atoms. The highest BCUT2D eigenvalue weighted by atomic mass is 16.6. The second kappa shape index (κ2) is 11.1. The van der Waals surface area contributed by atoms with Crippen LogP contribution < -0.4 is 19.3 Å². The summed E-state index contributed by atoms with van der Waals surface area (Å²) >= 11 is 0. The normalized spacial score (nSPS) is 10.3. The van der Waals surface area contributed by atoms with E-state index in [4.69, 9.17) is 9.47 Å². The number of non-ortho nitro benzene ring substituents is 1. The van der Waals surface area contributed by atoms with Crippen molar-refractivity contribution in [1.29, 1.82) is 0 Å². The fourth-order valence-corrected chi connectivity index (χ4v) is 3.41. The number of anilines is 2. The molecular formula is C26H25N3O7. The van der Waals surface area contributed by atoms with Crippen LogP contribution in [0, 0.1) is 10.1 Å². The minimum absolute atomic E-state index is 0.0647. The van der Waals surface area contributed by atoms with Crippen molar-refractivity contribution in [3.05, 3.63) is 88.0 Å². The van der Waals surface area contributed by atoms with Crippen LogP contribution in [0.2, 0.25) is 0 Å². The average Bonchev–Trinajstić information content (AvgIpc) is 2.82. The highest BCUT2D eigenvalue weighted by Crippen LogP contribution is 2.30. The van der Waals surface area contributed by atoms with Crippen molar-refractivity contribution in [2.75, 3.05) is 23.9 Å². The number of benzene rings is 3. The lowest BCUT2D eigenvalue weighted by Crippen LogP contribution is -2.31. The topological polar surface area (TPSA) is 119 Å². The molecule has 3 aromatic rings. The predicted molar refractivity (Wildman–Crippen MR) is 133 cm³/mol. The number of nitrogens with zero attached hydrogens (tertiary/aromatic N) is 3. The molecule has 186 valence electrons. The van der Waals surface area contributed by atoms with Crippen molar-refractivity contribution >= 4 is 34.9 Å². The van der Waals surface area contributed by atoms with Crippen molar-refractivity contribution in [2.24, 2.45) is 0 Å². The molecule has 0 saturated carbocycles. The maximum Gasteiger partial charge on any atom is 0.308 e. The van der Waals surface area contributed by atoms with Crippen molar-refractivity contribution in [3.63, 3.8) is 0 Å². The van der Waals surface area contributed by atoms with E-state index in [1.807, 2.05) is 31.1 Å². The third kappa shape index (κ3) is 6.44. The van der Waals surface area contributed by atoms with Crippen LogP contribution in [0.5, 0.6) is 11.5 Å². The average molecular weight is 492 g/mol. The van der Waals surface area contributed by atoms with Gasteiger partial charge < -0.3 is 19.3 Å². The van der Waals surface area contributed by atoms with E-state index in [2.05, 4.69) is 0 Å². The Balaban J connectivity index is 2.05. The Morgan fingerprint density at radius 3 is 1.94 bits per heavy atom. The molecule has 0 spiro atoms. The summed E-state index contributed by atoms with van der Waals surface area (Å²) in [4.78, 5) is 50.8. The zero-order valence-electron chi connectivity index (χ0n) is 20.3. The van der Waals surface area contributed by atoms with Crippen molar-refractivity contribution in [1.82, 2.24) is 0 Å². The molecule has 3 rings (SSSR count). The van der Waals surface area contributed by atoms with Crippen molar-refractivity contribution in [2.45, 2.75) is 20.4 Å². The Morgan fingerprint density at radius 2 is 1.42 bits per heavy atom. The van der Waals surface area contributed by atoms with Crippen molar-refractivity contribution in [3.8, 4) is 11.5 Å². The zero-order valence-corrected chi connectivity index (χ0v) is 20.3. The van der Waals surface area contributed by atoms with E-state index in [1.54, 1.807) is 24.3 Å². The van der Waals surface area contributed by atoms with E-state index in [1.165, 1.54) is 49.1 Å². The van der Waals surface area contributed by atoms with Gasteiger partial charge in [-0.15, -0.1) is 0 Å². The number of amides is 1. The van der Waals surface area contributed by atoms with Crippen LogP contribution in [0.3, 0.4) is 0 Å². The first-order valence-corrected chi connectivity index (χ1v) is 10.9. The maximum atomic E-state index is 13.8. The van der Waals surface area contributed by atoms with Crippen molar-refractivity contribution < 1.29 is 28.8 Å². The molecule has 36 heavy (non-hydrogen) atoms. The second-order valence-corrected chi connectivity index (χ2v) is 8.07. The first kappa shape index (κ1) is 25.9. The van der Waals surface area contributed by atoms with Gasteiger partial charge in [0.25, 0.3) is 11.6 Å². The van der Waals surface area contributed by atoms with Gasteiger partial charge >= 0.3 is 11.9 Å². The number of rotatable bonds is 8. The van der Waals surface area contributed by atoms with E-state index in [0.717, 1.165) is 5.69 Å². The molecule has 0 aliphatic heterocycles. The molecule has 10 nitrogen and oxygen atoms in total. The summed E-state index contributed by atoms with van der Waals surface area (Å²) in [6, 6.07) is 17.3. The van der Waals surface area contributed by atoms with E-state index in [9.17, 15) is 24.5 Å². The molecule has 0 saturated heterocycles. The minimum atomic E-state index is -0.652. The number of hydrogen-bond donors (Lipinski definition) is 0. The van der Waals surface area contributed by atoms with Crippen LogP contribution in [0.15, 0.2) is 66.7 Å². The molecule has 0 atom stereocenters. The summed E-state index contributed by atoms with van der Waals surface area (Å²) < 4.78 is 10.3. The summed E-state index contributed by atoms with van der Waals surface area (Å²) in [6.07, 6.45) is 0. The second-order valence-electron chi connectivity index (χ2n) is 8.07. The Bertz CT molecular complexity index is 1290. The van der Waals surface area contributed by atoms with Gasteiger partial charge in [0.1, 0.15) is 11.5 Å². The number of nitro benzene ring substituents is 1. The molecule has 0 unspecified atom stereocenters. The van der Waals surface area contributed by atoms with E-state index >= 15 is 0 Å². The van der Waals surface area contributed by atoms with Gasteiger partial charge in [-0.1, -0.05) is 12.1 Å². The van der Waals surface area contributed by atoms with Crippen LogP contribution in [-0.4, -0.2) is 36.9 Å².